The minimum absolute atomic E-state index is 0.256. The number of sulfonamides is 1. The Labute approximate surface area is 274 Å². The number of hydrogen-bond donors (Lipinski definition) is 4. The zero-order valence-electron chi connectivity index (χ0n) is 25.3. The van der Waals surface area contributed by atoms with Crippen LogP contribution in [0.25, 0.3) is 10.9 Å². The Morgan fingerprint density at radius 2 is 1.35 bits per heavy atom. The van der Waals surface area contributed by atoms with Gasteiger partial charge < -0.3 is 20.4 Å². The first kappa shape index (κ1) is 41.0. The highest BCUT2D eigenvalue weighted by molar-refractivity contribution is 7.92. The highest BCUT2D eigenvalue weighted by Gasteiger charge is 2.39. The molecule has 0 spiro atoms. The van der Waals surface area contributed by atoms with Crippen LogP contribution in [0.5, 0.6) is 0 Å². The number of pyridine rings is 1. The van der Waals surface area contributed by atoms with E-state index in [1.54, 1.807) is 12.1 Å². The minimum Gasteiger partial charge on any atom is -0.475 e. The van der Waals surface area contributed by atoms with Gasteiger partial charge >= 0.3 is 30.5 Å². The van der Waals surface area contributed by atoms with Crippen LogP contribution < -0.4 is 10.0 Å². The zero-order valence-corrected chi connectivity index (χ0v) is 26.1. The molecule has 2 aromatic carbocycles. The van der Waals surface area contributed by atoms with E-state index in [1.165, 1.54) is 32.4 Å². The van der Waals surface area contributed by atoms with Gasteiger partial charge in [0.25, 0.3) is 10.0 Å². The number of carboxylic acid groups (broad SMARTS) is 2. The predicted octanol–water partition coefficient (Wildman–Crippen LogP) is 6.29. The van der Waals surface area contributed by atoms with Gasteiger partial charge in [0.1, 0.15) is 0 Å². The van der Waals surface area contributed by atoms with E-state index in [2.05, 4.69) is 19.9 Å². The Balaban J connectivity index is 0.000000500. The lowest BCUT2D eigenvalue weighted by Crippen LogP contribution is -2.32. The molecule has 49 heavy (non-hydrogen) atoms. The predicted molar refractivity (Wildman–Crippen MR) is 158 cm³/mol. The van der Waals surface area contributed by atoms with Crippen LogP contribution in [-0.4, -0.2) is 79.0 Å². The standard InChI is InChI=1S/C25H29F3N4O2S.2C2HF3O2/c26-25(27,28)20-9-12-22(13-10-20)35(33,34)31-23-7-4-6-19-8-11-21(30-24(19)23)18-29-14-5-17-32-15-2-1-3-16-32;2*3-2(4,5)1(6)7/h4,6-13,29,31H,1-3,5,14-18H2;2*(H,6,7). The highest BCUT2D eigenvalue weighted by Crippen LogP contribution is 2.30. The Kier molecular flexibility index (Phi) is 14.6. The summed E-state index contributed by atoms with van der Waals surface area (Å²) in [7, 11) is -4.09. The molecule has 0 radical (unpaired) electrons. The maximum Gasteiger partial charge on any atom is 0.490 e. The number of halogens is 9. The average Bonchev–Trinajstić information content (AvgIpc) is 3.01. The molecule has 1 saturated heterocycles. The third-order valence-electron chi connectivity index (χ3n) is 6.58. The summed E-state index contributed by atoms with van der Waals surface area (Å²) < 4.78 is 130. The molecule has 0 saturated carbocycles. The third kappa shape index (κ3) is 14.1. The van der Waals surface area contributed by atoms with Gasteiger partial charge in [-0.2, -0.15) is 39.5 Å². The van der Waals surface area contributed by atoms with Gasteiger partial charge in [-0.05, 0) is 81.8 Å². The Bertz CT molecular complexity index is 1620. The second-order valence-corrected chi connectivity index (χ2v) is 12.0. The van der Waals surface area contributed by atoms with Crippen molar-refractivity contribution in [1.29, 1.82) is 0 Å². The summed E-state index contributed by atoms with van der Waals surface area (Å²) in [5.41, 5.74) is 0.623. The molecule has 3 aromatic rings. The summed E-state index contributed by atoms with van der Waals surface area (Å²) in [6.07, 6.45) is -9.78. The normalized spacial score (nSPS) is 14.2. The van der Waals surface area contributed by atoms with Gasteiger partial charge in [-0.25, -0.2) is 23.0 Å². The molecule has 4 rings (SSSR count). The van der Waals surface area contributed by atoms with Gasteiger partial charge in [-0.3, -0.25) is 4.72 Å². The van der Waals surface area contributed by atoms with Gasteiger partial charge in [-0.1, -0.05) is 24.6 Å². The van der Waals surface area contributed by atoms with E-state index in [-0.39, 0.29) is 10.6 Å². The maximum atomic E-state index is 12.8. The second kappa shape index (κ2) is 17.5. The molecule has 0 aliphatic carbocycles. The van der Waals surface area contributed by atoms with Gasteiger partial charge in [0.05, 0.1) is 27.4 Å². The number of rotatable bonds is 9. The van der Waals surface area contributed by atoms with E-state index < -0.39 is 46.1 Å². The van der Waals surface area contributed by atoms with Gasteiger partial charge in [0, 0.05) is 11.9 Å². The van der Waals surface area contributed by atoms with Crippen LogP contribution in [0.1, 0.15) is 36.9 Å². The van der Waals surface area contributed by atoms with Crippen LogP contribution in [0.15, 0.2) is 59.5 Å². The van der Waals surface area contributed by atoms with Crippen molar-refractivity contribution in [2.45, 2.75) is 55.7 Å². The number of alkyl halides is 9. The third-order valence-corrected chi connectivity index (χ3v) is 7.96. The number of aliphatic carboxylic acids is 2. The van der Waals surface area contributed by atoms with Crippen LogP contribution >= 0.6 is 0 Å². The fraction of sp³-hybridized carbons (Fsp3) is 0.414. The van der Waals surface area contributed by atoms with E-state index in [4.69, 9.17) is 19.8 Å². The van der Waals surface area contributed by atoms with Crippen molar-refractivity contribution in [2.75, 3.05) is 30.9 Å². The average molecular weight is 735 g/mol. The fourth-order valence-corrected chi connectivity index (χ4v) is 5.29. The van der Waals surface area contributed by atoms with Crippen molar-refractivity contribution in [1.82, 2.24) is 15.2 Å². The van der Waals surface area contributed by atoms with E-state index in [0.29, 0.717) is 12.1 Å². The first-order valence-corrected chi connectivity index (χ1v) is 15.7. The largest absolute Gasteiger partial charge is 0.490 e. The van der Waals surface area contributed by atoms with Crippen molar-refractivity contribution in [2.24, 2.45) is 0 Å². The van der Waals surface area contributed by atoms with Crippen LogP contribution in [-0.2, 0) is 32.3 Å². The zero-order chi connectivity index (χ0) is 37.0. The van der Waals surface area contributed by atoms with Crippen molar-refractivity contribution in [3.63, 3.8) is 0 Å². The van der Waals surface area contributed by atoms with Crippen molar-refractivity contribution < 1.29 is 67.7 Å². The van der Waals surface area contributed by atoms with Gasteiger partial charge in [0.15, 0.2) is 0 Å². The summed E-state index contributed by atoms with van der Waals surface area (Å²) in [5, 5.41) is 18.4. The number of nitrogens with one attached hydrogen (secondary N) is 2. The van der Waals surface area contributed by atoms with Crippen LogP contribution in [0.2, 0.25) is 0 Å². The summed E-state index contributed by atoms with van der Waals surface area (Å²) in [6, 6.07) is 12.3. The number of likely N-dealkylation sites (tertiary alicyclic amines) is 1. The summed E-state index contributed by atoms with van der Waals surface area (Å²) in [4.78, 5) is 24.7. The molecule has 1 fully saturated rings. The smallest absolute Gasteiger partial charge is 0.475 e. The van der Waals surface area contributed by atoms with E-state index in [9.17, 15) is 47.9 Å². The van der Waals surface area contributed by atoms with Crippen LogP contribution in [0.4, 0.5) is 45.2 Å². The summed E-state index contributed by atoms with van der Waals surface area (Å²) >= 11 is 0. The lowest BCUT2D eigenvalue weighted by atomic mass is 10.1. The molecule has 2 heterocycles. The number of carboxylic acids is 2. The fourth-order valence-electron chi connectivity index (χ4n) is 4.22. The lowest BCUT2D eigenvalue weighted by molar-refractivity contribution is -0.193. The Morgan fingerprint density at radius 1 is 0.796 bits per heavy atom. The molecule has 272 valence electrons. The topological polar surface area (TPSA) is 149 Å². The molecule has 0 atom stereocenters. The van der Waals surface area contributed by atoms with Crippen LogP contribution in [0.3, 0.4) is 0 Å². The maximum absolute atomic E-state index is 12.8. The van der Waals surface area contributed by atoms with Crippen molar-refractivity contribution in [3.05, 3.63) is 65.9 Å². The number of anilines is 1. The van der Waals surface area contributed by atoms with E-state index in [0.717, 1.165) is 54.9 Å². The minimum atomic E-state index is -5.08. The van der Waals surface area contributed by atoms with Crippen molar-refractivity contribution in [3.8, 4) is 0 Å². The molecule has 10 nitrogen and oxygen atoms in total. The van der Waals surface area contributed by atoms with E-state index >= 15 is 0 Å². The Morgan fingerprint density at radius 3 is 1.86 bits per heavy atom. The molecule has 0 bridgehead atoms. The second-order valence-electron chi connectivity index (χ2n) is 10.3. The summed E-state index contributed by atoms with van der Waals surface area (Å²) in [6.45, 7) is 4.84. The lowest BCUT2D eigenvalue weighted by Gasteiger charge is -2.26. The highest BCUT2D eigenvalue weighted by atomic mass is 32.2. The number of fused-ring (bicyclic) bond motifs is 1. The Hall–Kier alpha value is -4.17. The first-order chi connectivity index (χ1) is 22.6. The number of hydrogen-bond acceptors (Lipinski definition) is 7. The number of carbonyl (C=O) groups is 2. The molecular weight excluding hydrogens is 703 g/mol. The molecule has 1 aliphatic heterocycles. The quantitative estimate of drug-likeness (QED) is 0.147. The van der Waals surface area contributed by atoms with E-state index in [1.807, 2.05) is 18.2 Å². The molecule has 0 amide bonds. The molecule has 1 aliphatic rings. The first-order valence-electron chi connectivity index (χ1n) is 14.2. The molecule has 1 aromatic heterocycles. The number of nitrogens with zero attached hydrogens (tertiary/aromatic N) is 2. The summed E-state index contributed by atoms with van der Waals surface area (Å²) in [5.74, 6) is -5.51. The van der Waals surface area contributed by atoms with Gasteiger partial charge in [-0.15, -0.1) is 0 Å². The number of aromatic nitrogens is 1. The van der Waals surface area contributed by atoms with Crippen molar-refractivity contribution >= 4 is 38.6 Å². The molecule has 20 heteroatoms. The number of para-hydroxylation sites is 1. The molecular formula is C29H31F9N4O6S. The molecule has 4 N–H and O–H groups in total. The SMILES string of the molecule is O=C(O)C(F)(F)F.O=C(O)C(F)(F)F.O=S(=O)(Nc1cccc2ccc(CNCCCN3CCCCC3)nc12)c1ccc(C(F)(F)F)cc1. The molecule has 0 unspecified atom stereocenters. The number of piperidine rings is 1. The van der Waals surface area contributed by atoms with Crippen LogP contribution in [0, 0.1) is 0 Å². The number of benzene rings is 2. The monoisotopic (exact) mass is 734 g/mol. The van der Waals surface area contributed by atoms with Gasteiger partial charge in [0.2, 0.25) is 0 Å².